The number of aromatic nitrogens is 1. The third-order valence-electron chi connectivity index (χ3n) is 5.65. The van der Waals surface area contributed by atoms with E-state index in [0.717, 1.165) is 22.2 Å². The van der Waals surface area contributed by atoms with Crippen LogP contribution in [0.3, 0.4) is 0 Å². The molecule has 5 nitrogen and oxygen atoms in total. The van der Waals surface area contributed by atoms with Gasteiger partial charge in [0.2, 0.25) is 5.89 Å². The van der Waals surface area contributed by atoms with Crippen LogP contribution in [0, 0.1) is 0 Å². The van der Waals surface area contributed by atoms with Crippen LogP contribution in [-0.2, 0) is 9.68 Å². The number of hydrogen-bond acceptors (Lipinski definition) is 5. The zero-order valence-corrected chi connectivity index (χ0v) is 16.4. The van der Waals surface area contributed by atoms with Gasteiger partial charge in [-0.2, -0.15) is 0 Å². The molecular weight excluding hydrogens is 352 g/mol. The SMILES string of the molecule is CC1(C)ON(c2ccc3nc(-c4ccc5ccccc5c4)oc3c2)OC1(C)C. The Hall–Kier alpha value is -2.89. The van der Waals surface area contributed by atoms with Crippen LogP contribution in [0.1, 0.15) is 27.7 Å². The van der Waals surface area contributed by atoms with E-state index in [9.17, 15) is 0 Å². The van der Waals surface area contributed by atoms with Gasteiger partial charge >= 0.3 is 0 Å². The largest absolute Gasteiger partial charge is 0.436 e. The Labute approximate surface area is 163 Å². The summed E-state index contributed by atoms with van der Waals surface area (Å²) < 4.78 is 6.06. The highest BCUT2D eigenvalue weighted by atomic mass is 17.0. The van der Waals surface area contributed by atoms with Gasteiger partial charge in [0.25, 0.3) is 0 Å². The van der Waals surface area contributed by atoms with E-state index in [1.165, 1.54) is 10.6 Å². The zero-order chi connectivity index (χ0) is 19.5. The Kier molecular flexibility index (Phi) is 3.57. The maximum Gasteiger partial charge on any atom is 0.227 e. The second-order valence-corrected chi connectivity index (χ2v) is 8.19. The van der Waals surface area contributed by atoms with Crippen LogP contribution in [0.4, 0.5) is 5.69 Å². The molecule has 28 heavy (non-hydrogen) atoms. The summed E-state index contributed by atoms with van der Waals surface area (Å²) in [6.45, 7) is 8.05. The van der Waals surface area contributed by atoms with Crippen LogP contribution in [0.2, 0.25) is 0 Å². The van der Waals surface area contributed by atoms with Crippen molar-refractivity contribution in [1.82, 2.24) is 4.98 Å². The fourth-order valence-electron chi connectivity index (χ4n) is 3.23. The number of nitrogens with zero attached hydrogens (tertiary/aromatic N) is 2. The Morgan fingerprint density at radius 3 is 2.25 bits per heavy atom. The standard InChI is InChI=1S/C23H22N2O3/c1-22(2)23(3,4)28-25(27-22)18-11-12-19-20(14-18)26-21(24-19)17-10-9-15-7-5-6-8-16(15)13-17/h5-14H,1-4H3. The lowest BCUT2D eigenvalue weighted by Gasteiger charge is -2.26. The average molecular weight is 374 g/mol. The fraction of sp³-hybridized carbons (Fsp3) is 0.261. The minimum absolute atomic E-state index is 0.445. The van der Waals surface area contributed by atoms with Gasteiger partial charge in [-0.05, 0) is 62.7 Å². The first-order chi connectivity index (χ1) is 13.3. The lowest BCUT2D eigenvalue weighted by atomic mass is 9.90. The molecule has 1 aromatic heterocycles. The van der Waals surface area contributed by atoms with E-state index in [1.807, 2.05) is 64.1 Å². The van der Waals surface area contributed by atoms with E-state index in [4.69, 9.17) is 14.1 Å². The van der Waals surface area contributed by atoms with Crippen molar-refractivity contribution in [3.8, 4) is 11.5 Å². The molecule has 5 rings (SSSR count). The predicted octanol–water partition coefficient (Wildman–Crippen LogP) is 5.89. The fourth-order valence-corrected chi connectivity index (χ4v) is 3.23. The molecular formula is C23H22N2O3. The molecule has 1 aliphatic rings. The molecule has 3 aromatic carbocycles. The Morgan fingerprint density at radius 1 is 0.786 bits per heavy atom. The first-order valence-corrected chi connectivity index (χ1v) is 9.41. The molecule has 1 saturated heterocycles. The molecule has 0 unspecified atom stereocenters. The quantitative estimate of drug-likeness (QED) is 0.438. The molecule has 1 aliphatic heterocycles. The highest BCUT2D eigenvalue weighted by Gasteiger charge is 2.50. The van der Waals surface area contributed by atoms with Crippen LogP contribution in [0.15, 0.2) is 65.1 Å². The molecule has 0 N–H and O–H groups in total. The number of oxazole rings is 1. The number of anilines is 1. The summed E-state index contributed by atoms with van der Waals surface area (Å²) in [6.07, 6.45) is 0. The average Bonchev–Trinajstić information content (AvgIpc) is 3.18. The third kappa shape index (κ3) is 2.66. The Morgan fingerprint density at radius 2 is 1.50 bits per heavy atom. The van der Waals surface area contributed by atoms with Crippen molar-refractivity contribution in [3.63, 3.8) is 0 Å². The molecule has 0 radical (unpaired) electrons. The van der Waals surface area contributed by atoms with Gasteiger partial charge in [-0.1, -0.05) is 30.3 Å². The van der Waals surface area contributed by atoms with Crippen molar-refractivity contribution in [2.45, 2.75) is 38.9 Å². The van der Waals surface area contributed by atoms with Crippen molar-refractivity contribution in [2.75, 3.05) is 5.23 Å². The Balaban J connectivity index is 1.52. The highest BCUT2D eigenvalue weighted by Crippen LogP contribution is 2.40. The minimum Gasteiger partial charge on any atom is -0.436 e. The topological polar surface area (TPSA) is 47.7 Å². The number of fused-ring (bicyclic) bond motifs is 2. The van der Waals surface area contributed by atoms with Gasteiger partial charge in [-0.25, -0.2) is 14.7 Å². The van der Waals surface area contributed by atoms with Gasteiger partial charge < -0.3 is 4.42 Å². The van der Waals surface area contributed by atoms with Crippen molar-refractivity contribution >= 4 is 27.6 Å². The maximum absolute atomic E-state index is 6.06. The van der Waals surface area contributed by atoms with Crippen LogP contribution in [-0.4, -0.2) is 16.2 Å². The van der Waals surface area contributed by atoms with Crippen molar-refractivity contribution in [1.29, 1.82) is 0 Å². The number of benzene rings is 3. The van der Waals surface area contributed by atoms with E-state index in [2.05, 4.69) is 29.2 Å². The molecule has 0 saturated carbocycles. The van der Waals surface area contributed by atoms with Crippen LogP contribution in [0.25, 0.3) is 33.3 Å². The lowest BCUT2D eigenvalue weighted by molar-refractivity contribution is -0.0272. The predicted molar refractivity (Wildman–Crippen MR) is 110 cm³/mol. The van der Waals surface area contributed by atoms with Crippen LogP contribution >= 0.6 is 0 Å². The van der Waals surface area contributed by atoms with Crippen molar-refractivity contribution in [3.05, 3.63) is 60.7 Å². The zero-order valence-electron chi connectivity index (χ0n) is 16.4. The molecule has 0 bridgehead atoms. The lowest BCUT2D eigenvalue weighted by Crippen LogP contribution is -2.41. The maximum atomic E-state index is 6.06. The number of rotatable bonds is 2. The molecule has 4 aromatic rings. The molecule has 2 heterocycles. The second-order valence-electron chi connectivity index (χ2n) is 8.19. The summed E-state index contributed by atoms with van der Waals surface area (Å²) in [5.74, 6) is 0.599. The van der Waals surface area contributed by atoms with Gasteiger partial charge in [0.05, 0.1) is 5.69 Å². The minimum atomic E-state index is -0.445. The third-order valence-corrected chi connectivity index (χ3v) is 5.65. The summed E-state index contributed by atoms with van der Waals surface area (Å²) in [4.78, 5) is 16.6. The first kappa shape index (κ1) is 17.2. The summed E-state index contributed by atoms with van der Waals surface area (Å²) >= 11 is 0. The van der Waals surface area contributed by atoms with E-state index in [1.54, 1.807) is 0 Å². The van der Waals surface area contributed by atoms with Crippen LogP contribution < -0.4 is 5.23 Å². The van der Waals surface area contributed by atoms with Gasteiger partial charge in [0, 0.05) is 11.6 Å². The van der Waals surface area contributed by atoms with Crippen molar-refractivity contribution in [2.24, 2.45) is 0 Å². The van der Waals surface area contributed by atoms with E-state index in [-0.39, 0.29) is 0 Å². The molecule has 0 aliphatic carbocycles. The Bertz CT molecular complexity index is 1180. The van der Waals surface area contributed by atoms with Gasteiger partial charge in [0.15, 0.2) is 5.58 Å². The molecule has 142 valence electrons. The van der Waals surface area contributed by atoms with Crippen LogP contribution in [0.5, 0.6) is 0 Å². The summed E-state index contributed by atoms with van der Waals surface area (Å²) in [5.41, 5.74) is 2.32. The van der Waals surface area contributed by atoms with Gasteiger partial charge in [-0.15, -0.1) is 5.23 Å². The van der Waals surface area contributed by atoms with E-state index < -0.39 is 11.2 Å². The van der Waals surface area contributed by atoms with E-state index >= 15 is 0 Å². The van der Waals surface area contributed by atoms with Gasteiger partial charge in [0.1, 0.15) is 16.7 Å². The first-order valence-electron chi connectivity index (χ1n) is 9.41. The molecule has 1 fully saturated rings. The van der Waals surface area contributed by atoms with E-state index in [0.29, 0.717) is 11.5 Å². The van der Waals surface area contributed by atoms with Gasteiger partial charge in [-0.3, -0.25) is 0 Å². The summed E-state index contributed by atoms with van der Waals surface area (Å²) in [7, 11) is 0. The molecule has 5 heteroatoms. The smallest absolute Gasteiger partial charge is 0.227 e. The monoisotopic (exact) mass is 374 g/mol. The summed E-state index contributed by atoms with van der Waals surface area (Å²) in [5, 5.41) is 3.82. The molecule has 0 amide bonds. The number of hydrogen-bond donors (Lipinski definition) is 0. The summed E-state index contributed by atoms with van der Waals surface area (Å²) in [6, 6.07) is 20.2. The van der Waals surface area contributed by atoms with Crippen molar-refractivity contribution < 1.29 is 14.1 Å². The second kappa shape index (κ2) is 5.80. The molecule has 0 atom stereocenters. The highest BCUT2D eigenvalue weighted by molar-refractivity contribution is 5.87. The normalized spacial score (nSPS) is 18.2. The molecule has 0 spiro atoms.